The molecular weight excluding hydrogens is 388 g/mol. The second-order valence-electron chi connectivity index (χ2n) is 7.41. The smallest absolute Gasteiger partial charge is 0.353 e. The molecule has 0 saturated carbocycles. The fourth-order valence-electron chi connectivity index (χ4n) is 3.62. The van der Waals surface area contributed by atoms with Gasteiger partial charge in [0.25, 0.3) is 0 Å². The van der Waals surface area contributed by atoms with Crippen LogP contribution in [0.3, 0.4) is 0 Å². The summed E-state index contributed by atoms with van der Waals surface area (Å²) < 4.78 is 30.6. The van der Waals surface area contributed by atoms with Crippen LogP contribution in [0, 0.1) is 18.6 Å². The number of hydrogen-bond acceptors (Lipinski definition) is 4. The third-order valence-corrected chi connectivity index (χ3v) is 5.04. The van der Waals surface area contributed by atoms with E-state index in [1.807, 2.05) is 39.0 Å². The highest BCUT2D eigenvalue weighted by molar-refractivity contribution is 5.81. The van der Waals surface area contributed by atoms with Crippen LogP contribution in [0.15, 0.2) is 53.5 Å². The Hall–Kier alpha value is -3.61. The van der Waals surface area contributed by atoms with Crippen LogP contribution in [-0.2, 0) is 0 Å². The van der Waals surface area contributed by atoms with E-state index in [0.29, 0.717) is 5.69 Å². The lowest BCUT2D eigenvalue weighted by Crippen LogP contribution is -2.24. The van der Waals surface area contributed by atoms with Gasteiger partial charge >= 0.3 is 5.69 Å². The minimum atomic E-state index is -0.830. The first kappa shape index (κ1) is 19.7. The number of rotatable bonds is 3. The molecule has 2 heterocycles. The first-order valence-electron chi connectivity index (χ1n) is 9.45. The zero-order valence-corrected chi connectivity index (χ0v) is 16.6. The van der Waals surface area contributed by atoms with Crippen LogP contribution in [0.25, 0.3) is 28.0 Å². The van der Waals surface area contributed by atoms with Gasteiger partial charge in [-0.15, -0.1) is 0 Å². The van der Waals surface area contributed by atoms with Gasteiger partial charge in [-0.3, -0.25) is 0 Å². The molecule has 0 amide bonds. The maximum absolute atomic E-state index is 14.8. The summed E-state index contributed by atoms with van der Waals surface area (Å²) in [7, 11) is 0. The lowest BCUT2D eigenvalue weighted by molar-refractivity contribution is 0.470. The number of halogens is 2. The number of benzene rings is 2. The average molecular weight is 407 g/mol. The summed E-state index contributed by atoms with van der Waals surface area (Å²) in [5.41, 5.74) is 1.13. The monoisotopic (exact) mass is 407 g/mol. The SMILES string of the molecule is Cc1cccc(C(C)C)c1-n1c(=O)ncc2cc(F)c(-c3c(O)cccc3F)nc21. The molecule has 30 heavy (non-hydrogen) atoms. The van der Waals surface area contributed by atoms with Crippen molar-refractivity contribution in [1.82, 2.24) is 14.5 Å². The zero-order chi connectivity index (χ0) is 21.6. The molecule has 0 spiro atoms. The van der Waals surface area contributed by atoms with E-state index >= 15 is 0 Å². The number of phenolic OH excluding ortho intramolecular Hbond substituents is 1. The molecule has 0 bridgehead atoms. The van der Waals surface area contributed by atoms with Crippen molar-refractivity contribution in [2.75, 3.05) is 0 Å². The molecule has 1 N–H and O–H groups in total. The van der Waals surface area contributed by atoms with Gasteiger partial charge < -0.3 is 5.11 Å². The number of phenols is 1. The normalized spacial score (nSPS) is 11.4. The topological polar surface area (TPSA) is 68.0 Å². The molecule has 0 aliphatic heterocycles. The molecule has 152 valence electrons. The Morgan fingerprint density at radius 3 is 2.50 bits per heavy atom. The lowest BCUT2D eigenvalue weighted by Gasteiger charge is -2.18. The number of fused-ring (bicyclic) bond motifs is 1. The summed E-state index contributed by atoms with van der Waals surface area (Å²) >= 11 is 0. The predicted octanol–water partition coefficient (Wildman–Crippen LogP) is 4.86. The van der Waals surface area contributed by atoms with Gasteiger partial charge in [0.2, 0.25) is 0 Å². The molecule has 4 aromatic rings. The minimum absolute atomic E-state index is 0.0950. The third kappa shape index (κ3) is 3.12. The molecule has 0 aliphatic rings. The van der Waals surface area contributed by atoms with Crippen molar-refractivity contribution in [1.29, 1.82) is 0 Å². The zero-order valence-electron chi connectivity index (χ0n) is 16.6. The second kappa shape index (κ2) is 7.33. The molecule has 7 heteroatoms. The molecule has 4 rings (SSSR count). The number of pyridine rings is 1. The molecule has 2 aromatic heterocycles. The highest BCUT2D eigenvalue weighted by Gasteiger charge is 2.21. The number of hydrogen-bond donors (Lipinski definition) is 1. The maximum atomic E-state index is 14.8. The second-order valence-corrected chi connectivity index (χ2v) is 7.41. The summed E-state index contributed by atoms with van der Waals surface area (Å²) in [5, 5.41) is 10.4. The lowest BCUT2D eigenvalue weighted by atomic mass is 9.98. The molecule has 5 nitrogen and oxygen atoms in total. The van der Waals surface area contributed by atoms with Gasteiger partial charge in [0, 0.05) is 11.6 Å². The third-order valence-electron chi connectivity index (χ3n) is 5.04. The van der Waals surface area contributed by atoms with E-state index < -0.39 is 23.1 Å². The van der Waals surface area contributed by atoms with Crippen LogP contribution in [0.5, 0.6) is 5.75 Å². The average Bonchev–Trinajstić information content (AvgIpc) is 2.69. The number of aromatic hydroxyl groups is 1. The summed E-state index contributed by atoms with van der Waals surface area (Å²) in [5.74, 6) is -1.99. The van der Waals surface area contributed by atoms with Gasteiger partial charge in [-0.1, -0.05) is 38.1 Å². The molecule has 2 aromatic carbocycles. The first-order valence-corrected chi connectivity index (χ1v) is 9.45. The van der Waals surface area contributed by atoms with Crippen molar-refractivity contribution in [2.45, 2.75) is 26.7 Å². The summed E-state index contributed by atoms with van der Waals surface area (Å²) in [6.45, 7) is 5.86. The van der Waals surface area contributed by atoms with Crippen LogP contribution >= 0.6 is 0 Å². The standard InChI is InChI=1S/C23H19F2N3O2/c1-12(2)15-7-4-6-13(3)21(15)28-22-14(11-26-23(28)30)10-17(25)20(27-22)19-16(24)8-5-9-18(19)29/h4-12,29H,1-3H3. The molecule has 0 radical (unpaired) electrons. The summed E-state index contributed by atoms with van der Waals surface area (Å²) in [4.78, 5) is 21.0. The van der Waals surface area contributed by atoms with Gasteiger partial charge in [-0.25, -0.2) is 28.1 Å². The Labute approximate surface area is 171 Å². The van der Waals surface area contributed by atoms with Crippen molar-refractivity contribution in [3.8, 4) is 22.7 Å². The summed E-state index contributed by atoms with van der Waals surface area (Å²) in [6.07, 6.45) is 1.24. The number of aryl methyl sites for hydroxylation is 1. The molecular formula is C23H19F2N3O2. The van der Waals surface area contributed by atoms with Crippen LogP contribution in [-0.4, -0.2) is 19.6 Å². The minimum Gasteiger partial charge on any atom is -0.507 e. The van der Waals surface area contributed by atoms with E-state index in [0.717, 1.165) is 23.3 Å². The molecule has 0 saturated heterocycles. The fourth-order valence-corrected chi connectivity index (χ4v) is 3.62. The van der Waals surface area contributed by atoms with Gasteiger partial charge in [0.05, 0.1) is 11.3 Å². The Bertz CT molecular complexity index is 1330. The quantitative estimate of drug-likeness (QED) is 0.526. The number of para-hydroxylation sites is 1. The Balaban J connectivity index is 2.14. The van der Waals surface area contributed by atoms with Crippen LogP contribution in [0.1, 0.15) is 30.9 Å². The van der Waals surface area contributed by atoms with E-state index in [9.17, 15) is 18.7 Å². The molecule has 0 fully saturated rings. The molecule has 0 unspecified atom stereocenters. The Morgan fingerprint density at radius 2 is 1.80 bits per heavy atom. The van der Waals surface area contributed by atoms with E-state index in [-0.39, 0.29) is 28.2 Å². The van der Waals surface area contributed by atoms with Crippen LogP contribution < -0.4 is 5.69 Å². The Kier molecular flexibility index (Phi) is 4.81. The fraction of sp³-hybridized carbons (Fsp3) is 0.174. The Morgan fingerprint density at radius 1 is 1.07 bits per heavy atom. The van der Waals surface area contributed by atoms with Gasteiger partial charge in [0.15, 0.2) is 11.5 Å². The highest BCUT2D eigenvalue weighted by Crippen LogP contribution is 2.34. The first-order chi connectivity index (χ1) is 14.3. The van der Waals surface area contributed by atoms with Crippen LogP contribution in [0.4, 0.5) is 8.78 Å². The van der Waals surface area contributed by atoms with E-state index in [1.54, 1.807) is 0 Å². The van der Waals surface area contributed by atoms with Crippen molar-refractivity contribution in [3.05, 3.63) is 81.9 Å². The van der Waals surface area contributed by atoms with Gasteiger partial charge in [-0.05, 0) is 42.2 Å². The van der Waals surface area contributed by atoms with E-state index in [2.05, 4.69) is 9.97 Å². The van der Waals surface area contributed by atoms with Crippen molar-refractivity contribution < 1.29 is 13.9 Å². The largest absolute Gasteiger partial charge is 0.507 e. The van der Waals surface area contributed by atoms with E-state index in [1.165, 1.54) is 22.9 Å². The van der Waals surface area contributed by atoms with Crippen molar-refractivity contribution in [3.63, 3.8) is 0 Å². The predicted molar refractivity (Wildman–Crippen MR) is 111 cm³/mol. The van der Waals surface area contributed by atoms with E-state index in [4.69, 9.17) is 0 Å². The summed E-state index contributed by atoms with van der Waals surface area (Å²) in [6, 6.07) is 10.5. The molecule has 0 atom stereocenters. The number of aromatic nitrogens is 3. The van der Waals surface area contributed by atoms with Gasteiger partial charge in [-0.2, -0.15) is 0 Å². The maximum Gasteiger partial charge on any atom is 0.353 e. The van der Waals surface area contributed by atoms with Crippen molar-refractivity contribution in [2.24, 2.45) is 0 Å². The number of nitrogens with zero attached hydrogens (tertiary/aromatic N) is 3. The molecule has 0 aliphatic carbocycles. The van der Waals surface area contributed by atoms with Gasteiger partial charge in [0.1, 0.15) is 17.3 Å². The highest BCUT2D eigenvalue weighted by atomic mass is 19.1. The van der Waals surface area contributed by atoms with Crippen molar-refractivity contribution >= 4 is 11.0 Å². The van der Waals surface area contributed by atoms with Crippen LogP contribution in [0.2, 0.25) is 0 Å².